The molecule has 8 nitrogen and oxygen atoms in total. The van der Waals surface area contributed by atoms with E-state index in [1.54, 1.807) is 36.4 Å². The molecular formula is C25H24N4O4. The molecule has 0 fully saturated rings. The summed E-state index contributed by atoms with van der Waals surface area (Å²) < 4.78 is 10.5. The topological polar surface area (TPSA) is 116 Å². The molecule has 0 atom stereocenters. The average Bonchev–Trinajstić information content (AvgIpc) is 2.83. The van der Waals surface area contributed by atoms with Crippen LogP contribution in [-0.4, -0.2) is 38.1 Å². The molecule has 0 bridgehead atoms. The fourth-order valence-electron chi connectivity index (χ4n) is 2.96. The Morgan fingerprint density at radius 2 is 1.55 bits per heavy atom. The van der Waals surface area contributed by atoms with Gasteiger partial charge in [-0.15, -0.1) is 0 Å². The van der Waals surface area contributed by atoms with Crippen molar-refractivity contribution >= 4 is 23.3 Å². The van der Waals surface area contributed by atoms with E-state index >= 15 is 0 Å². The van der Waals surface area contributed by atoms with Crippen LogP contribution in [0.3, 0.4) is 0 Å². The van der Waals surface area contributed by atoms with E-state index in [2.05, 4.69) is 27.5 Å². The highest BCUT2D eigenvalue weighted by molar-refractivity contribution is 6.04. The van der Waals surface area contributed by atoms with E-state index < -0.39 is 0 Å². The third-order valence-electron chi connectivity index (χ3n) is 4.85. The van der Waals surface area contributed by atoms with E-state index in [0.717, 1.165) is 5.56 Å². The van der Waals surface area contributed by atoms with Crippen LogP contribution in [0, 0.1) is 18.8 Å². The zero-order valence-electron chi connectivity index (χ0n) is 18.8. The second-order valence-electron chi connectivity index (χ2n) is 7.07. The van der Waals surface area contributed by atoms with Gasteiger partial charge in [0, 0.05) is 48.3 Å². The Bertz CT molecular complexity index is 1250. The van der Waals surface area contributed by atoms with E-state index in [1.807, 2.05) is 13.0 Å². The summed E-state index contributed by atoms with van der Waals surface area (Å²) in [6.45, 7) is 1.89. The van der Waals surface area contributed by atoms with Gasteiger partial charge in [0.05, 0.1) is 25.3 Å². The average molecular weight is 444 g/mol. The summed E-state index contributed by atoms with van der Waals surface area (Å²) in [5.74, 6) is 6.73. The van der Waals surface area contributed by atoms with Gasteiger partial charge >= 0.3 is 0 Å². The number of carbonyl (C=O) groups is 2. The molecule has 33 heavy (non-hydrogen) atoms. The number of hydrogen-bond donors (Lipinski definition) is 3. The van der Waals surface area contributed by atoms with Crippen molar-refractivity contribution in [3.8, 4) is 23.3 Å². The summed E-state index contributed by atoms with van der Waals surface area (Å²) in [6.07, 6.45) is 1.39. The molecule has 0 saturated carbocycles. The number of carbonyl (C=O) groups excluding carboxylic acids is 2. The minimum absolute atomic E-state index is 0.216. The van der Waals surface area contributed by atoms with Gasteiger partial charge in [-0.2, -0.15) is 0 Å². The predicted molar refractivity (Wildman–Crippen MR) is 127 cm³/mol. The summed E-state index contributed by atoms with van der Waals surface area (Å²) in [7, 11) is 4.61. The summed E-state index contributed by atoms with van der Waals surface area (Å²) in [5, 5.41) is 5.38. The minimum atomic E-state index is -0.309. The van der Waals surface area contributed by atoms with Crippen molar-refractivity contribution in [2.45, 2.75) is 6.92 Å². The van der Waals surface area contributed by atoms with Crippen molar-refractivity contribution in [3.63, 3.8) is 0 Å². The van der Waals surface area contributed by atoms with Crippen LogP contribution < -0.4 is 25.8 Å². The first-order valence-corrected chi connectivity index (χ1v) is 9.99. The summed E-state index contributed by atoms with van der Waals surface area (Å²) in [6, 6.07) is 11.9. The van der Waals surface area contributed by atoms with Gasteiger partial charge in [0.1, 0.15) is 17.3 Å². The Hall–Kier alpha value is -4.51. The van der Waals surface area contributed by atoms with Crippen LogP contribution in [0.4, 0.5) is 11.5 Å². The molecule has 0 unspecified atom stereocenters. The Labute approximate surface area is 192 Å². The number of aryl methyl sites for hydroxylation is 1. The van der Waals surface area contributed by atoms with Crippen LogP contribution in [0.5, 0.6) is 11.5 Å². The number of rotatable bonds is 5. The van der Waals surface area contributed by atoms with Crippen molar-refractivity contribution < 1.29 is 19.1 Å². The minimum Gasteiger partial charge on any atom is -0.497 e. The smallest absolute Gasteiger partial charge is 0.255 e. The molecular weight excluding hydrogens is 420 g/mol. The molecule has 4 N–H and O–H groups in total. The fraction of sp³-hybridized carbons (Fsp3) is 0.160. The zero-order chi connectivity index (χ0) is 24.0. The number of hydrogen-bond acceptors (Lipinski definition) is 6. The molecule has 3 rings (SSSR count). The van der Waals surface area contributed by atoms with Crippen LogP contribution in [0.15, 0.2) is 48.7 Å². The first kappa shape index (κ1) is 23.2. The Balaban J connectivity index is 1.88. The lowest BCUT2D eigenvalue weighted by Gasteiger charge is -2.10. The van der Waals surface area contributed by atoms with E-state index in [-0.39, 0.29) is 17.6 Å². The zero-order valence-corrected chi connectivity index (χ0v) is 18.8. The molecule has 0 radical (unpaired) electrons. The van der Waals surface area contributed by atoms with Crippen molar-refractivity contribution in [2.24, 2.45) is 0 Å². The number of ether oxygens (including phenoxy) is 2. The number of nitrogens with one attached hydrogen (secondary N) is 2. The van der Waals surface area contributed by atoms with Gasteiger partial charge < -0.3 is 25.8 Å². The molecule has 0 aliphatic rings. The van der Waals surface area contributed by atoms with Crippen LogP contribution in [0.2, 0.25) is 0 Å². The first-order chi connectivity index (χ1) is 15.8. The van der Waals surface area contributed by atoms with Gasteiger partial charge in [-0.05, 0) is 30.7 Å². The number of methoxy groups -OCH3 is 2. The number of benzene rings is 2. The molecule has 8 heteroatoms. The maximum atomic E-state index is 12.8. The fourth-order valence-corrected chi connectivity index (χ4v) is 2.96. The number of aromatic nitrogens is 1. The number of anilines is 2. The molecule has 2 aromatic carbocycles. The molecule has 168 valence electrons. The van der Waals surface area contributed by atoms with Gasteiger partial charge in [0.25, 0.3) is 11.8 Å². The van der Waals surface area contributed by atoms with Crippen molar-refractivity contribution in [1.82, 2.24) is 10.3 Å². The molecule has 1 aromatic heterocycles. The van der Waals surface area contributed by atoms with Crippen molar-refractivity contribution in [1.29, 1.82) is 0 Å². The van der Waals surface area contributed by atoms with E-state index in [9.17, 15) is 9.59 Å². The van der Waals surface area contributed by atoms with Crippen molar-refractivity contribution in [3.05, 3.63) is 76.5 Å². The molecule has 0 spiro atoms. The predicted octanol–water partition coefficient (Wildman–Crippen LogP) is 3.00. The van der Waals surface area contributed by atoms with Crippen LogP contribution in [0.25, 0.3) is 0 Å². The largest absolute Gasteiger partial charge is 0.497 e. The normalized spacial score (nSPS) is 9.94. The van der Waals surface area contributed by atoms with Crippen LogP contribution in [0.1, 0.15) is 37.4 Å². The lowest BCUT2D eigenvalue weighted by molar-refractivity contribution is 0.0961. The lowest BCUT2D eigenvalue weighted by atomic mass is 10.0. The maximum Gasteiger partial charge on any atom is 0.255 e. The second kappa shape index (κ2) is 10.2. The van der Waals surface area contributed by atoms with Gasteiger partial charge in [-0.1, -0.05) is 17.9 Å². The first-order valence-electron chi connectivity index (χ1n) is 9.99. The monoisotopic (exact) mass is 444 g/mol. The molecule has 1 heterocycles. The maximum absolute atomic E-state index is 12.8. The number of amides is 2. The molecule has 0 aliphatic heterocycles. The number of nitrogen functional groups attached to an aromatic ring is 1. The molecule has 0 aliphatic carbocycles. The SMILES string of the molecule is CNC(=O)c1cnc(N)c(C#Cc2cc(C(=O)Nc3cc(OC)cc(OC)c3)ccc2C)c1. The summed E-state index contributed by atoms with van der Waals surface area (Å²) in [5.41, 5.74) is 9.19. The quantitative estimate of drug-likeness (QED) is 0.521. The third-order valence-corrected chi connectivity index (χ3v) is 4.85. The van der Waals surface area contributed by atoms with E-state index in [0.29, 0.717) is 39.4 Å². The number of nitrogens with zero attached hydrogens (tertiary/aromatic N) is 1. The highest BCUT2D eigenvalue weighted by atomic mass is 16.5. The number of pyridine rings is 1. The van der Waals surface area contributed by atoms with Crippen molar-refractivity contribution in [2.75, 3.05) is 32.3 Å². The van der Waals surface area contributed by atoms with E-state index in [4.69, 9.17) is 15.2 Å². The second-order valence-corrected chi connectivity index (χ2v) is 7.07. The Morgan fingerprint density at radius 1 is 0.909 bits per heavy atom. The van der Waals surface area contributed by atoms with Crippen LogP contribution >= 0.6 is 0 Å². The third kappa shape index (κ3) is 5.60. The van der Waals surface area contributed by atoms with Gasteiger partial charge in [0.15, 0.2) is 0 Å². The highest BCUT2D eigenvalue weighted by Crippen LogP contribution is 2.26. The standard InChI is InChI=1S/C25H24N4O4/c1-15-5-6-18(25(31)29-20-11-21(32-3)13-22(12-20)33-4)9-16(15)7-8-17-10-19(24(30)27-2)14-28-23(17)26/h5-6,9-14H,1-4H3,(H2,26,28)(H,27,30)(H,29,31). The Kier molecular flexibility index (Phi) is 7.16. The highest BCUT2D eigenvalue weighted by Gasteiger charge is 2.11. The molecule has 3 aromatic rings. The van der Waals surface area contributed by atoms with E-state index in [1.165, 1.54) is 27.5 Å². The Morgan fingerprint density at radius 3 is 2.18 bits per heavy atom. The van der Waals surface area contributed by atoms with Gasteiger partial charge in [0.2, 0.25) is 0 Å². The van der Waals surface area contributed by atoms with Gasteiger partial charge in [-0.3, -0.25) is 9.59 Å². The lowest BCUT2D eigenvalue weighted by Crippen LogP contribution is -2.18. The van der Waals surface area contributed by atoms with Crippen LogP contribution in [-0.2, 0) is 0 Å². The molecule has 0 saturated heterocycles. The molecule has 2 amide bonds. The number of nitrogens with two attached hydrogens (primary N) is 1. The van der Waals surface area contributed by atoms with Gasteiger partial charge in [-0.25, -0.2) is 4.98 Å². The summed E-state index contributed by atoms with van der Waals surface area (Å²) >= 11 is 0. The summed E-state index contributed by atoms with van der Waals surface area (Å²) in [4.78, 5) is 28.7.